The van der Waals surface area contributed by atoms with E-state index in [9.17, 15) is 9.59 Å². The number of hydrogen-bond acceptors (Lipinski definition) is 5. The van der Waals surface area contributed by atoms with E-state index in [1.165, 1.54) is 11.0 Å². The third-order valence-electron chi connectivity index (χ3n) is 3.54. The fourth-order valence-electron chi connectivity index (χ4n) is 2.37. The maximum Gasteiger partial charge on any atom is 0.269 e. The fourth-order valence-corrected chi connectivity index (χ4v) is 2.67. The van der Waals surface area contributed by atoms with Gasteiger partial charge >= 0.3 is 0 Å². The van der Waals surface area contributed by atoms with E-state index in [0.717, 1.165) is 0 Å². The standard InChI is InChI=1S/C16H14Cl2N4O3/c1-8-16(24)22(15-12(25-8)4-5-13(19)21-15)7-14(23)20-9-2-3-10(17)11(18)6-9/h2-6,8H,7H2,1H3,(H2,19,21)(H,20,23). The van der Waals surface area contributed by atoms with Crippen LogP contribution in [0.3, 0.4) is 0 Å². The van der Waals surface area contributed by atoms with Crippen molar-refractivity contribution in [2.45, 2.75) is 13.0 Å². The molecule has 7 nitrogen and oxygen atoms in total. The van der Waals surface area contributed by atoms with E-state index in [1.807, 2.05) is 0 Å². The highest BCUT2D eigenvalue weighted by Gasteiger charge is 2.34. The molecule has 1 unspecified atom stereocenters. The zero-order chi connectivity index (χ0) is 18.1. The first-order valence-corrected chi connectivity index (χ1v) is 8.10. The van der Waals surface area contributed by atoms with E-state index in [4.69, 9.17) is 33.7 Å². The van der Waals surface area contributed by atoms with Crippen LogP contribution in [0.5, 0.6) is 5.75 Å². The normalized spacial score (nSPS) is 16.2. The Morgan fingerprint density at radius 3 is 2.80 bits per heavy atom. The molecule has 0 bridgehead atoms. The predicted octanol–water partition coefficient (Wildman–Crippen LogP) is 2.72. The number of benzene rings is 1. The lowest BCUT2D eigenvalue weighted by atomic mass is 10.2. The summed E-state index contributed by atoms with van der Waals surface area (Å²) in [5, 5.41) is 3.36. The van der Waals surface area contributed by atoms with E-state index in [2.05, 4.69) is 10.3 Å². The summed E-state index contributed by atoms with van der Waals surface area (Å²) in [6.45, 7) is 1.36. The maximum atomic E-state index is 12.4. The molecule has 0 saturated heterocycles. The molecule has 3 N–H and O–H groups in total. The van der Waals surface area contributed by atoms with Crippen LogP contribution >= 0.6 is 23.2 Å². The number of halogens is 2. The van der Waals surface area contributed by atoms with Crippen LogP contribution in [0.15, 0.2) is 30.3 Å². The Bertz CT molecular complexity index is 859. The second-order valence-electron chi connectivity index (χ2n) is 5.42. The van der Waals surface area contributed by atoms with Crippen molar-refractivity contribution in [1.29, 1.82) is 0 Å². The van der Waals surface area contributed by atoms with Crippen molar-refractivity contribution in [2.75, 3.05) is 22.5 Å². The van der Waals surface area contributed by atoms with E-state index >= 15 is 0 Å². The van der Waals surface area contributed by atoms with Crippen LogP contribution in [0.25, 0.3) is 0 Å². The van der Waals surface area contributed by atoms with Crippen LogP contribution in [-0.4, -0.2) is 29.4 Å². The molecule has 25 heavy (non-hydrogen) atoms. The van der Waals surface area contributed by atoms with E-state index in [-0.39, 0.29) is 24.1 Å². The number of amides is 2. The molecule has 2 heterocycles. The fraction of sp³-hybridized carbons (Fsp3) is 0.188. The molecular weight excluding hydrogens is 367 g/mol. The lowest BCUT2D eigenvalue weighted by molar-refractivity contribution is -0.127. The van der Waals surface area contributed by atoms with Crippen molar-refractivity contribution in [3.05, 3.63) is 40.4 Å². The number of nitrogen functional groups attached to an aromatic ring is 1. The largest absolute Gasteiger partial charge is 0.477 e. The number of anilines is 3. The van der Waals surface area contributed by atoms with Crippen molar-refractivity contribution in [3.63, 3.8) is 0 Å². The number of ether oxygens (including phenoxy) is 1. The molecule has 1 aliphatic rings. The number of fused-ring (bicyclic) bond motifs is 1. The number of carbonyl (C=O) groups excluding carboxylic acids is 2. The summed E-state index contributed by atoms with van der Waals surface area (Å²) in [5.74, 6) is 0.0292. The highest BCUT2D eigenvalue weighted by atomic mass is 35.5. The van der Waals surface area contributed by atoms with Gasteiger partial charge in [-0.15, -0.1) is 0 Å². The molecule has 3 rings (SSSR count). The monoisotopic (exact) mass is 380 g/mol. The summed E-state index contributed by atoms with van der Waals surface area (Å²) in [4.78, 5) is 30.1. The van der Waals surface area contributed by atoms with Crippen LogP contribution in [-0.2, 0) is 9.59 Å². The van der Waals surface area contributed by atoms with Crippen LogP contribution in [0.4, 0.5) is 17.3 Å². The number of nitrogens with zero attached hydrogens (tertiary/aromatic N) is 2. The smallest absolute Gasteiger partial charge is 0.269 e. The van der Waals surface area contributed by atoms with Gasteiger partial charge < -0.3 is 15.8 Å². The highest BCUT2D eigenvalue weighted by Crippen LogP contribution is 2.33. The first-order valence-electron chi connectivity index (χ1n) is 7.34. The zero-order valence-corrected chi connectivity index (χ0v) is 14.6. The molecule has 0 saturated carbocycles. The van der Waals surface area contributed by atoms with Gasteiger partial charge in [0, 0.05) is 5.69 Å². The molecule has 1 aromatic heterocycles. The second-order valence-corrected chi connectivity index (χ2v) is 6.23. The number of nitrogens with two attached hydrogens (primary N) is 1. The summed E-state index contributed by atoms with van der Waals surface area (Å²) in [7, 11) is 0. The van der Waals surface area contributed by atoms with E-state index in [1.54, 1.807) is 31.2 Å². The minimum atomic E-state index is -0.726. The average molecular weight is 381 g/mol. The SMILES string of the molecule is CC1Oc2ccc(N)nc2N(CC(=O)Nc2ccc(Cl)c(Cl)c2)C1=O. The second kappa shape index (κ2) is 6.78. The topological polar surface area (TPSA) is 97.6 Å². The van der Waals surface area contributed by atoms with Crippen molar-refractivity contribution in [3.8, 4) is 5.75 Å². The number of pyridine rings is 1. The number of nitrogens with one attached hydrogen (secondary N) is 1. The van der Waals surface area contributed by atoms with Gasteiger partial charge in [0.25, 0.3) is 5.91 Å². The van der Waals surface area contributed by atoms with Crippen LogP contribution in [0, 0.1) is 0 Å². The minimum Gasteiger partial charge on any atom is -0.477 e. The minimum absolute atomic E-state index is 0.215. The molecule has 0 spiro atoms. The van der Waals surface area contributed by atoms with Crippen molar-refractivity contribution >= 4 is 52.3 Å². The molecule has 2 amide bonds. The Hall–Kier alpha value is -2.51. The Morgan fingerprint density at radius 1 is 1.32 bits per heavy atom. The number of aromatic nitrogens is 1. The van der Waals surface area contributed by atoms with Gasteiger partial charge in [-0.05, 0) is 37.3 Å². The molecule has 9 heteroatoms. The van der Waals surface area contributed by atoms with E-state index in [0.29, 0.717) is 21.5 Å². The van der Waals surface area contributed by atoms with Gasteiger partial charge in [0.05, 0.1) is 10.0 Å². The van der Waals surface area contributed by atoms with Gasteiger partial charge in [-0.3, -0.25) is 14.5 Å². The van der Waals surface area contributed by atoms with Gasteiger partial charge in [0.1, 0.15) is 12.4 Å². The Balaban J connectivity index is 1.81. The Morgan fingerprint density at radius 2 is 2.08 bits per heavy atom. The van der Waals surface area contributed by atoms with E-state index < -0.39 is 12.0 Å². The zero-order valence-electron chi connectivity index (χ0n) is 13.1. The summed E-state index contributed by atoms with van der Waals surface area (Å²) >= 11 is 11.8. The van der Waals surface area contributed by atoms with Gasteiger partial charge in [-0.1, -0.05) is 23.2 Å². The molecule has 2 aromatic rings. The number of hydrogen-bond donors (Lipinski definition) is 2. The molecule has 1 atom stereocenters. The first-order chi connectivity index (χ1) is 11.8. The molecule has 0 aliphatic carbocycles. The van der Waals surface area contributed by atoms with Crippen molar-refractivity contribution in [1.82, 2.24) is 4.98 Å². The highest BCUT2D eigenvalue weighted by molar-refractivity contribution is 6.42. The third kappa shape index (κ3) is 3.62. The van der Waals surface area contributed by atoms with Crippen molar-refractivity contribution in [2.24, 2.45) is 0 Å². The van der Waals surface area contributed by atoms with Crippen LogP contribution < -0.4 is 20.7 Å². The molecule has 0 fully saturated rings. The molecular formula is C16H14Cl2N4O3. The third-order valence-corrected chi connectivity index (χ3v) is 4.28. The maximum absolute atomic E-state index is 12.4. The van der Waals surface area contributed by atoms with Gasteiger partial charge in [0.15, 0.2) is 17.7 Å². The Labute approximate surface area is 153 Å². The number of carbonyl (C=O) groups is 2. The molecule has 1 aromatic carbocycles. The van der Waals surface area contributed by atoms with Crippen molar-refractivity contribution < 1.29 is 14.3 Å². The predicted molar refractivity (Wildman–Crippen MR) is 96.2 cm³/mol. The van der Waals surface area contributed by atoms with Crippen LogP contribution in [0.1, 0.15) is 6.92 Å². The van der Waals surface area contributed by atoms with Gasteiger partial charge in [0.2, 0.25) is 5.91 Å². The van der Waals surface area contributed by atoms with Gasteiger partial charge in [-0.2, -0.15) is 0 Å². The molecule has 1 aliphatic heterocycles. The average Bonchev–Trinajstić information content (AvgIpc) is 2.56. The summed E-state index contributed by atoms with van der Waals surface area (Å²) < 4.78 is 5.48. The lowest BCUT2D eigenvalue weighted by Gasteiger charge is -2.31. The van der Waals surface area contributed by atoms with Crippen LogP contribution in [0.2, 0.25) is 10.0 Å². The summed E-state index contributed by atoms with van der Waals surface area (Å²) in [6, 6.07) is 7.88. The molecule has 0 radical (unpaired) electrons. The summed E-state index contributed by atoms with van der Waals surface area (Å²) in [6.07, 6.45) is -0.726. The summed E-state index contributed by atoms with van der Waals surface area (Å²) in [5.41, 5.74) is 6.14. The quantitative estimate of drug-likeness (QED) is 0.852. The first kappa shape index (κ1) is 17.3. The number of rotatable bonds is 3. The lowest BCUT2D eigenvalue weighted by Crippen LogP contribution is -2.48. The van der Waals surface area contributed by atoms with Gasteiger partial charge in [-0.25, -0.2) is 4.98 Å². The molecule has 130 valence electrons. The Kier molecular flexibility index (Phi) is 4.69.